The number of aromatic nitrogens is 1. The van der Waals surface area contributed by atoms with E-state index in [0.29, 0.717) is 13.0 Å². The molecule has 4 rings (SSSR count). The van der Waals surface area contributed by atoms with E-state index in [4.69, 9.17) is 13.9 Å². The van der Waals surface area contributed by atoms with Crippen LogP contribution in [0.5, 0.6) is 5.75 Å². The van der Waals surface area contributed by atoms with Crippen LogP contribution in [0.4, 0.5) is 0 Å². The minimum Gasteiger partial charge on any atom is -0.493 e. The lowest BCUT2D eigenvalue weighted by Crippen LogP contribution is -2.35. The molecule has 0 aliphatic carbocycles. The summed E-state index contributed by atoms with van der Waals surface area (Å²) in [5, 5.41) is 12.4. The molecule has 0 radical (unpaired) electrons. The molecule has 1 unspecified atom stereocenters. The summed E-state index contributed by atoms with van der Waals surface area (Å²) in [7, 11) is 0. The molecule has 8 nitrogen and oxygen atoms in total. The van der Waals surface area contributed by atoms with E-state index in [0.717, 1.165) is 11.3 Å². The van der Waals surface area contributed by atoms with Gasteiger partial charge in [0.2, 0.25) is 5.88 Å². The van der Waals surface area contributed by atoms with E-state index in [1.54, 1.807) is 36.0 Å². The zero-order valence-corrected chi connectivity index (χ0v) is 16.3. The summed E-state index contributed by atoms with van der Waals surface area (Å²) in [4.78, 5) is 24.9. The maximum Gasteiger partial charge on any atom is 0.343 e. The van der Waals surface area contributed by atoms with Gasteiger partial charge in [-0.3, -0.25) is 9.36 Å². The number of amides is 1. The zero-order valence-electron chi connectivity index (χ0n) is 16.3. The van der Waals surface area contributed by atoms with Crippen molar-refractivity contribution >= 4 is 11.9 Å². The number of para-hydroxylation sites is 1. The number of benzene rings is 1. The minimum absolute atomic E-state index is 0.0189. The van der Waals surface area contributed by atoms with E-state index in [2.05, 4.69) is 5.32 Å². The highest BCUT2D eigenvalue weighted by atomic mass is 16.5. The van der Waals surface area contributed by atoms with Gasteiger partial charge in [-0.15, -0.1) is 0 Å². The molecular weight excluding hydrogens is 386 g/mol. The van der Waals surface area contributed by atoms with E-state index in [9.17, 15) is 14.9 Å². The van der Waals surface area contributed by atoms with Crippen molar-refractivity contribution in [3.8, 4) is 17.7 Å². The maximum atomic E-state index is 12.6. The first-order chi connectivity index (χ1) is 14.6. The first kappa shape index (κ1) is 19.3. The predicted molar refractivity (Wildman–Crippen MR) is 105 cm³/mol. The molecule has 2 aromatic heterocycles. The highest BCUT2D eigenvalue weighted by Crippen LogP contribution is 2.31. The Morgan fingerprint density at radius 2 is 2.03 bits per heavy atom. The average molecular weight is 405 g/mol. The fourth-order valence-corrected chi connectivity index (χ4v) is 3.46. The quantitative estimate of drug-likeness (QED) is 0.654. The van der Waals surface area contributed by atoms with Crippen LogP contribution >= 0.6 is 0 Å². The molecule has 0 saturated heterocycles. The van der Waals surface area contributed by atoms with Gasteiger partial charge in [0.1, 0.15) is 28.7 Å². The maximum absolute atomic E-state index is 12.6. The van der Waals surface area contributed by atoms with E-state index >= 15 is 0 Å². The van der Waals surface area contributed by atoms with Gasteiger partial charge in [0.15, 0.2) is 6.61 Å². The van der Waals surface area contributed by atoms with Gasteiger partial charge >= 0.3 is 5.97 Å². The highest BCUT2D eigenvalue weighted by Gasteiger charge is 2.27. The van der Waals surface area contributed by atoms with E-state index < -0.39 is 18.5 Å². The molecule has 1 aromatic carbocycles. The van der Waals surface area contributed by atoms with Gasteiger partial charge in [-0.2, -0.15) is 5.26 Å². The Morgan fingerprint density at radius 1 is 1.27 bits per heavy atom. The summed E-state index contributed by atoms with van der Waals surface area (Å²) in [5.74, 6) is -0.00502. The molecule has 1 amide bonds. The van der Waals surface area contributed by atoms with Gasteiger partial charge in [-0.25, -0.2) is 4.79 Å². The lowest BCUT2D eigenvalue weighted by Gasteiger charge is -2.26. The van der Waals surface area contributed by atoms with E-state index in [1.165, 1.54) is 0 Å². The van der Waals surface area contributed by atoms with Gasteiger partial charge in [0.25, 0.3) is 5.91 Å². The number of nitrogens with one attached hydrogen (secondary N) is 1. The van der Waals surface area contributed by atoms with Crippen LogP contribution in [0.2, 0.25) is 0 Å². The molecule has 152 valence electrons. The standard InChI is InChI=1S/C22H19N3O5/c1-14-20(16(12-23)21(30-14)25-9-4-5-10-25)22(27)29-13-19(26)24-17-8-11-28-18-7-3-2-6-15(17)18/h2-7,9-10,17H,8,11,13H2,1H3,(H,24,26). The fourth-order valence-electron chi connectivity index (χ4n) is 3.46. The van der Waals surface area contributed by atoms with Crippen LogP contribution in [0.1, 0.15) is 39.7 Å². The molecule has 0 bridgehead atoms. The molecule has 0 spiro atoms. The number of carbonyl (C=O) groups excluding carboxylic acids is 2. The fraction of sp³-hybridized carbons (Fsp3) is 0.227. The molecule has 3 aromatic rings. The lowest BCUT2D eigenvalue weighted by molar-refractivity contribution is -0.125. The number of esters is 1. The number of carbonyl (C=O) groups is 2. The van der Waals surface area contributed by atoms with Gasteiger partial charge in [-0.05, 0) is 25.1 Å². The minimum atomic E-state index is -0.784. The number of furan rings is 1. The van der Waals surface area contributed by atoms with Crippen molar-refractivity contribution in [3.05, 3.63) is 71.2 Å². The van der Waals surface area contributed by atoms with Crippen molar-refractivity contribution in [2.45, 2.75) is 19.4 Å². The molecule has 1 aliphatic heterocycles. The van der Waals surface area contributed by atoms with Crippen molar-refractivity contribution < 1.29 is 23.5 Å². The summed E-state index contributed by atoms with van der Waals surface area (Å²) < 4.78 is 17.9. The van der Waals surface area contributed by atoms with Crippen LogP contribution in [0.15, 0.2) is 53.2 Å². The SMILES string of the molecule is Cc1oc(-n2cccc2)c(C#N)c1C(=O)OCC(=O)NC1CCOc2ccccc21. The van der Waals surface area contributed by atoms with Crippen LogP contribution in [-0.2, 0) is 9.53 Å². The van der Waals surface area contributed by atoms with Crippen LogP contribution in [0, 0.1) is 18.3 Å². The van der Waals surface area contributed by atoms with Gasteiger partial charge in [-0.1, -0.05) is 18.2 Å². The van der Waals surface area contributed by atoms with E-state index in [-0.39, 0.29) is 28.8 Å². The number of aryl methyl sites for hydroxylation is 1. The topological polar surface area (TPSA) is 106 Å². The lowest BCUT2D eigenvalue weighted by atomic mass is 10.0. The van der Waals surface area contributed by atoms with Crippen LogP contribution in [0.3, 0.4) is 0 Å². The Bertz CT molecular complexity index is 1120. The Balaban J connectivity index is 1.43. The molecule has 1 N–H and O–H groups in total. The molecular formula is C22H19N3O5. The largest absolute Gasteiger partial charge is 0.493 e. The number of nitrogens with zero attached hydrogens (tertiary/aromatic N) is 2. The highest BCUT2D eigenvalue weighted by molar-refractivity contribution is 5.95. The number of fused-ring (bicyclic) bond motifs is 1. The first-order valence-corrected chi connectivity index (χ1v) is 9.43. The van der Waals surface area contributed by atoms with Gasteiger partial charge in [0, 0.05) is 24.4 Å². The van der Waals surface area contributed by atoms with Crippen LogP contribution in [-0.4, -0.2) is 29.7 Å². The first-order valence-electron chi connectivity index (χ1n) is 9.43. The number of nitriles is 1. The normalized spacial score (nSPS) is 14.9. The number of hydrogen-bond donors (Lipinski definition) is 1. The second-order valence-electron chi connectivity index (χ2n) is 6.79. The third kappa shape index (κ3) is 3.65. The number of rotatable bonds is 5. The Hall–Kier alpha value is -3.99. The summed E-state index contributed by atoms with van der Waals surface area (Å²) in [5.41, 5.74) is 0.968. The van der Waals surface area contributed by atoms with E-state index in [1.807, 2.05) is 30.3 Å². The van der Waals surface area contributed by atoms with Crippen molar-refractivity contribution in [1.82, 2.24) is 9.88 Å². The Kier molecular flexibility index (Phi) is 5.26. The van der Waals surface area contributed by atoms with Crippen LogP contribution < -0.4 is 10.1 Å². The molecule has 1 atom stereocenters. The van der Waals surface area contributed by atoms with Crippen molar-refractivity contribution in [1.29, 1.82) is 5.26 Å². The average Bonchev–Trinajstić information content (AvgIpc) is 3.39. The zero-order chi connectivity index (χ0) is 21.1. The molecule has 3 heterocycles. The number of ether oxygens (including phenoxy) is 2. The Labute approximate surface area is 172 Å². The molecule has 0 saturated carbocycles. The monoisotopic (exact) mass is 405 g/mol. The molecule has 8 heteroatoms. The molecule has 0 fully saturated rings. The molecule has 30 heavy (non-hydrogen) atoms. The second kappa shape index (κ2) is 8.17. The summed E-state index contributed by atoms with van der Waals surface area (Å²) in [6.07, 6.45) is 4.02. The van der Waals surface area contributed by atoms with Crippen molar-refractivity contribution in [3.63, 3.8) is 0 Å². The van der Waals surface area contributed by atoms with Crippen molar-refractivity contribution in [2.75, 3.05) is 13.2 Å². The predicted octanol–water partition coefficient (Wildman–Crippen LogP) is 3.05. The summed E-state index contributed by atoms with van der Waals surface area (Å²) in [6, 6.07) is 12.8. The number of hydrogen-bond acceptors (Lipinski definition) is 6. The second-order valence-corrected chi connectivity index (χ2v) is 6.79. The van der Waals surface area contributed by atoms with Gasteiger partial charge in [0.05, 0.1) is 12.6 Å². The van der Waals surface area contributed by atoms with Crippen LogP contribution in [0.25, 0.3) is 5.88 Å². The summed E-state index contributed by atoms with van der Waals surface area (Å²) in [6.45, 7) is 1.60. The van der Waals surface area contributed by atoms with Crippen molar-refractivity contribution in [2.24, 2.45) is 0 Å². The molecule has 1 aliphatic rings. The third-order valence-electron chi connectivity index (χ3n) is 4.85. The summed E-state index contributed by atoms with van der Waals surface area (Å²) >= 11 is 0. The Morgan fingerprint density at radius 3 is 2.80 bits per heavy atom. The third-order valence-corrected chi connectivity index (χ3v) is 4.85. The smallest absolute Gasteiger partial charge is 0.343 e. The van der Waals surface area contributed by atoms with Gasteiger partial charge < -0.3 is 19.2 Å².